The summed E-state index contributed by atoms with van der Waals surface area (Å²) in [6.45, 7) is 3.01. The Balaban J connectivity index is 1.51. The molecule has 0 spiro atoms. The SMILES string of the molecule is CN(C)c1cc(Nc2ccc(SC(F)(F)F)c(Cl)c2)nc(N2CCN(c3ccccn3)CC2)n1. The van der Waals surface area contributed by atoms with Crippen molar-refractivity contribution >= 4 is 52.5 Å². The van der Waals surface area contributed by atoms with Gasteiger partial charge in [-0.1, -0.05) is 17.7 Å². The molecule has 180 valence electrons. The molecular weight excluding hydrogens is 487 g/mol. The molecule has 3 heterocycles. The predicted molar refractivity (Wildman–Crippen MR) is 132 cm³/mol. The van der Waals surface area contributed by atoms with E-state index in [1.807, 2.05) is 37.2 Å². The van der Waals surface area contributed by atoms with Crippen LogP contribution in [0.3, 0.4) is 0 Å². The minimum Gasteiger partial charge on any atom is -0.363 e. The van der Waals surface area contributed by atoms with Crippen LogP contribution in [0.4, 0.5) is 42.3 Å². The Morgan fingerprint density at radius 2 is 1.74 bits per heavy atom. The number of aromatic nitrogens is 3. The molecule has 0 radical (unpaired) electrons. The standard InChI is InChI=1S/C22H23ClF3N7S/c1-31(2)20-14-18(28-15-6-7-17(16(23)13-15)34-22(24,25)26)29-21(30-20)33-11-9-32(10-12-33)19-5-3-4-8-27-19/h3-8,13-14H,9-12H2,1-2H3,(H,28,29,30). The van der Waals surface area contributed by atoms with Crippen molar-refractivity contribution in [1.82, 2.24) is 15.0 Å². The van der Waals surface area contributed by atoms with Gasteiger partial charge in [0.2, 0.25) is 5.95 Å². The van der Waals surface area contributed by atoms with Crippen LogP contribution < -0.4 is 20.0 Å². The van der Waals surface area contributed by atoms with E-state index >= 15 is 0 Å². The lowest BCUT2D eigenvalue weighted by Gasteiger charge is -2.35. The second-order valence-electron chi connectivity index (χ2n) is 7.79. The summed E-state index contributed by atoms with van der Waals surface area (Å²) < 4.78 is 38.1. The third-order valence-corrected chi connectivity index (χ3v) is 6.36. The molecule has 12 heteroatoms. The maximum absolute atomic E-state index is 12.7. The van der Waals surface area contributed by atoms with Crippen LogP contribution in [-0.2, 0) is 0 Å². The molecule has 7 nitrogen and oxygen atoms in total. The Kier molecular flexibility index (Phi) is 7.22. The molecule has 0 atom stereocenters. The number of nitrogens with one attached hydrogen (secondary N) is 1. The van der Waals surface area contributed by atoms with E-state index in [4.69, 9.17) is 11.6 Å². The van der Waals surface area contributed by atoms with Gasteiger partial charge in [-0.05, 0) is 42.1 Å². The molecule has 1 aliphatic heterocycles. The van der Waals surface area contributed by atoms with E-state index in [1.54, 1.807) is 18.3 Å². The third kappa shape index (κ3) is 6.15. The van der Waals surface area contributed by atoms with Gasteiger partial charge in [0, 0.05) is 63.1 Å². The average Bonchev–Trinajstić information content (AvgIpc) is 2.80. The molecule has 1 fully saturated rings. The Bertz CT molecular complexity index is 1120. The molecule has 0 saturated carbocycles. The van der Waals surface area contributed by atoms with Crippen LogP contribution in [-0.4, -0.2) is 60.7 Å². The van der Waals surface area contributed by atoms with Crippen LogP contribution in [0.2, 0.25) is 5.02 Å². The smallest absolute Gasteiger partial charge is 0.363 e. The van der Waals surface area contributed by atoms with E-state index in [0.717, 1.165) is 32.0 Å². The van der Waals surface area contributed by atoms with Crippen molar-refractivity contribution in [3.63, 3.8) is 0 Å². The van der Waals surface area contributed by atoms with Gasteiger partial charge in [0.05, 0.1) is 5.02 Å². The molecule has 0 unspecified atom stereocenters. The lowest BCUT2D eigenvalue weighted by atomic mass is 10.3. The number of hydrogen-bond donors (Lipinski definition) is 1. The fourth-order valence-corrected chi connectivity index (χ4v) is 4.31. The molecule has 0 amide bonds. The molecule has 1 aromatic carbocycles. The van der Waals surface area contributed by atoms with E-state index in [1.165, 1.54) is 12.1 Å². The Morgan fingerprint density at radius 3 is 2.35 bits per heavy atom. The number of pyridine rings is 1. The highest BCUT2D eigenvalue weighted by Gasteiger charge is 2.30. The number of halogens is 4. The fraction of sp³-hybridized carbons (Fsp3) is 0.318. The van der Waals surface area contributed by atoms with Crippen molar-refractivity contribution in [1.29, 1.82) is 0 Å². The van der Waals surface area contributed by atoms with Gasteiger partial charge >= 0.3 is 5.51 Å². The van der Waals surface area contributed by atoms with Crippen LogP contribution in [0.25, 0.3) is 0 Å². The second-order valence-corrected chi connectivity index (χ2v) is 9.30. The highest BCUT2D eigenvalue weighted by molar-refractivity contribution is 8.00. The van der Waals surface area contributed by atoms with Gasteiger partial charge in [-0.3, -0.25) is 0 Å². The van der Waals surface area contributed by atoms with Gasteiger partial charge in [-0.15, -0.1) is 0 Å². The monoisotopic (exact) mass is 509 g/mol. The van der Waals surface area contributed by atoms with Gasteiger partial charge in [-0.2, -0.15) is 23.1 Å². The highest BCUT2D eigenvalue weighted by Crippen LogP contribution is 2.41. The zero-order valence-corrected chi connectivity index (χ0v) is 20.1. The van der Waals surface area contributed by atoms with E-state index in [0.29, 0.717) is 23.3 Å². The van der Waals surface area contributed by atoms with Crippen molar-refractivity contribution in [2.45, 2.75) is 10.4 Å². The summed E-state index contributed by atoms with van der Waals surface area (Å²) in [6.07, 6.45) is 1.78. The molecule has 3 aromatic rings. The predicted octanol–water partition coefficient (Wildman–Crippen LogP) is 5.27. The first kappa shape index (κ1) is 24.2. The van der Waals surface area contributed by atoms with E-state index in [-0.39, 0.29) is 21.7 Å². The summed E-state index contributed by atoms with van der Waals surface area (Å²) in [4.78, 5) is 19.9. The van der Waals surface area contributed by atoms with Crippen molar-refractivity contribution in [2.24, 2.45) is 0 Å². The summed E-state index contributed by atoms with van der Waals surface area (Å²) in [6, 6.07) is 12.0. The van der Waals surface area contributed by atoms with Crippen molar-refractivity contribution in [2.75, 3.05) is 60.3 Å². The summed E-state index contributed by atoms with van der Waals surface area (Å²) in [7, 11) is 3.77. The number of alkyl halides is 3. The van der Waals surface area contributed by atoms with Gasteiger partial charge in [0.1, 0.15) is 17.5 Å². The number of benzene rings is 1. The van der Waals surface area contributed by atoms with Crippen LogP contribution in [0, 0.1) is 0 Å². The van der Waals surface area contributed by atoms with Crippen LogP contribution in [0.1, 0.15) is 0 Å². The zero-order valence-electron chi connectivity index (χ0n) is 18.6. The van der Waals surface area contributed by atoms with E-state index in [9.17, 15) is 13.2 Å². The lowest BCUT2D eigenvalue weighted by Crippen LogP contribution is -2.47. The van der Waals surface area contributed by atoms with E-state index in [2.05, 4.69) is 30.1 Å². The number of anilines is 5. The van der Waals surface area contributed by atoms with Gasteiger partial charge < -0.3 is 20.0 Å². The largest absolute Gasteiger partial charge is 0.446 e. The number of piperazine rings is 1. The van der Waals surface area contributed by atoms with Gasteiger partial charge in [-0.25, -0.2) is 4.98 Å². The highest BCUT2D eigenvalue weighted by atomic mass is 35.5. The molecular formula is C22H23ClF3N7S. The third-order valence-electron chi connectivity index (χ3n) is 5.12. The quantitative estimate of drug-likeness (QED) is 0.451. The first-order valence-electron chi connectivity index (χ1n) is 10.5. The maximum atomic E-state index is 12.7. The lowest BCUT2D eigenvalue weighted by molar-refractivity contribution is -0.0328. The molecule has 0 aliphatic carbocycles. The van der Waals surface area contributed by atoms with Crippen molar-refractivity contribution < 1.29 is 13.2 Å². The van der Waals surface area contributed by atoms with Crippen LogP contribution in [0.15, 0.2) is 53.6 Å². The summed E-state index contributed by atoms with van der Waals surface area (Å²) in [5.41, 5.74) is -3.87. The number of nitrogens with zero attached hydrogens (tertiary/aromatic N) is 6. The van der Waals surface area contributed by atoms with Gasteiger partial charge in [0.15, 0.2) is 0 Å². The maximum Gasteiger partial charge on any atom is 0.446 e. The van der Waals surface area contributed by atoms with E-state index < -0.39 is 5.51 Å². The first-order valence-corrected chi connectivity index (χ1v) is 11.7. The molecule has 2 aromatic heterocycles. The second kappa shape index (κ2) is 10.1. The van der Waals surface area contributed by atoms with Crippen LogP contribution in [0.5, 0.6) is 0 Å². The molecule has 0 bridgehead atoms. The fourth-order valence-electron chi connectivity index (χ4n) is 3.47. The minimum absolute atomic E-state index is 0.0140. The molecule has 1 saturated heterocycles. The summed E-state index contributed by atoms with van der Waals surface area (Å²) in [5.74, 6) is 2.74. The molecule has 4 rings (SSSR count). The first-order chi connectivity index (χ1) is 16.2. The molecule has 1 aliphatic rings. The topological polar surface area (TPSA) is 60.4 Å². The van der Waals surface area contributed by atoms with Crippen LogP contribution >= 0.6 is 23.4 Å². The number of rotatable bonds is 6. The zero-order chi connectivity index (χ0) is 24.3. The summed E-state index contributed by atoms with van der Waals surface area (Å²) in [5, 5.41) is 3.16. The number of hydrogen-bond acceptors (Lipinski definition) is 8. The van der Waals surface area contributed by atoms with Crippen molar-refractivity contribution in [3.8, 4) is 0 Å². The molecule has 34 heavy (non-hydrogen) atoms. The Labute approximate surface area is 205 Å². The Morgan fingerprint density at radius 1 is 1.00 bits per heavy atom. The minimum atomic E-state index is -4.40. The Hall–Kier alpha value is -2.92. The number of thioether (sulfide) groups is 1. The summed E-state index contributed by atoms with van der Waals surface area (Å²) >= 11 is 5.84. The normalized spacial score (nSPS) is 14.3. The molecule has 1 N–H and O–H groups in total. The average molecular weight is 510 g/mol. The van der Waals surface area contributed by atoms with Crippen molar-refractivity contribution in [3.05, 3.63) is 53.7 Å². The van der Waals surface area contributed by atoms with Gasteiger partial charge in [0.25, 0.3) is 0 Å².